The number of ether oxygens (including phenoxy) is 2. The maximum absolute atomic E-state index is 10.3. The average molecular weight is 200 g/mol. The van der Waals surface area contributed by atoms with Crippen LogP contribution in [0.4, 0.5) is 0 Å². The van der Waals surface area contributed by atoms with Crippen LogP contribution in [0.15, 0.2) is 0 Å². The van der Waals surface area contributed by atoms with E-state index in [1.54, 1.807) is 0 Å². The molecule has 0 spiro atoms. The molecule has 14 heavy (non-hydrogen) atoms. The summed E-state index contributed by atoms with van der Waals surface area (Å²) in [6, 6.07) is 0. The zero-order valence-corrected chi connectivity index (χ0v) is 8.91. The Morgan fingerprint density at radius 3 is 3.00 bits per heavy atom. The molecule has 1 aliphatic heterocycles. The van der Waals surface area contributed by atoms with E-state index in [1.807, 2.05) is 0 Å². The summed E-state index contributed by atoms with van der Waals surface area (Å²) >= 11 is 0. The first kappa shape index (κ1) is 11.7. The smallest absolute Gasteiger partial charge is 0.157 e. The van der Waals surface area contributed by atoms with Crippen molar-refractivity contribution in [2.45, 2.75) is 45.3 Å². The second-order valence-electron chi connectivity index (χ2n) is 3.81. The lowest BCUT2D eigenvalue weighted by Crippen LogP contribution is -2.25. The molecule has 1 rings (SSSR count). The zero-order valence-electron chi connectivity index (χ0n) is 8.91. The highest BCUT2D eigenvalue weighted by atomic mass is 16.7. The van der Waals surface area contributed by atoms with Crippen LogP contribution in [0.2, 0.25) is 0 Å². The van der Waals surface area contributed by atoms with Crippen LogP contribution in [0.1, 0.15) is 39.0 Å². The van der Waals surface area contributed by atoms with Gasteiger partial charge in [-0.25, -0.2) is 0 Å². The van der Waals surface area contributed by atoms with Crippen LogP contribution in [-0.4, -0.2) is 25.8 Å². The third kappa shape index (κ3) is 4.20. The van der Waals surface area contributed by atoms with E-state index in [2.05, 4.69) is 6.92 Å². The Labute approximate surface area is 85.8 Å². The fraction of sp³-hybridized carbons (Fsp3) is 0.909. The number of hydrogen-bond donors (Lipinski definition) is 0. The summed E-state index contributed by atoms with van der Waals surface area (Å²) in [5.74, 6) is 0.359. The molecule has 0 N–H and O–H groups in total. The fourth-order valence-electron chi connectivity index (χ4n) is 1.57. The molecule has 0 amide bonds. The Kier molecular flexibility index (Phi) is 5.80. The molecule has 0 saturated carbocycles. The molecule has 1 fully saturated rings. The second kappa shape index (κ2) is 6.96. The van der Waals surface area contributed by atoms with Crippen molar-refractivity contribution in [2.75, 3.05) is 13.2 Å². The van der Waals surface area contributed by atoms with Crippen LogP contribution < -0.4 is 0 Å². The fourth-order valence-corrected chi connectivity index (χ4v) is 1.57. The number of carbonyl (C=O) groups excluding carboxylic acids is 1. The first-order valence-electron chi connectivity index (χ1n) is 5.53. The Balaban J connectivity index is 2.13. The van der Waals surface area contributed by atoms with Crippen molar-refractivity contribution in [2.24, 2.45) is 5.92 Å². The normalized spacial score (nSPS) is 24.5. The monoisotopic (exact) mass is 200 g/mol. The molecule has 3 heteroatoms. The summed E-state index contributed by atoms with van der Waals surface area (Å²) in [6.45, 7) is 3.55. The van der Waals surface area contributed by atoms with E-state index in [9.17, 15) is 4.79 Å². The van der Waals surface area contributed by atoms with Crippen LogP contribution in [0.25, 0.3) is 0 Å². The van der Waals surface area contributed by atoms with Crippen molar-refractivity contribution in [3.05, 3.63) is 0 Å². The molecule has 0 aliphatic carbocycles. The highest BCUT2D eigenvalue weighted by Crippen LogP contribution is 2.16. The minimum atomic E-state index is -0.0237. The van der Waals surface area contributed by atoms with E-state index in [-0.39, 0.29) is 6.29 Å². The van der Waals surface area contributed by atoms with E-state index in [0.29, 0.717) is 18.9 Å². The van der Waals surface area contributed by atoms with Crippen LogP contribution in [0.5, 0.6) is 0 Å². The minimum Gasteiger partial charge on any atom is -0.353 e. The molecule has 2 unspecified atom stereocenters. The van der Waals surface area contributed by atoms with Gasteiger partial charge in [0.05, 0.1) is 6.61 Å². The molecule has 1 aliphatic rings. The van der Waals surface area contributed by atoms with Gasteiger partial charge in [-0.15, -0.1) is 0 Å². The molecular weight excluding hydrogens is 180 g/mol. The van der Waals surface area contributed by atoms with Crippen LogP contribution in [0, 0.1) is 5.92 Å². The van der Waals surface area contributed by atoms with Gasteiger partial charge in [-0.3, -0.25) is 0 Å². The Bertz CT molecular complexity index is 153. The van der Waals surface area contributed by atoms with E-state index >= 15 is 0 Å². The first-order valence-corrected chi connectivity index (χ1v) is 5.53. The highest BCUT2D eigenvalue weighted by Gasteiger charge is 2.15. The second-order valence-corrected chi connectivity index (χ2v) is 3.81. The minimum absolute atomic E-state index is 0.0237. The molecule has 1 heterocycles. The quantitative estimate of drug-likeness (QED) is 0.616. The third-order valence-electron chi connectivity index (χ3n) is 2.66. The van der Waals surface area contributed by atoms with Crippen LogP contribution in [0.3, 0.4) is 0 Å². The molecule has 0 radical (unpaired) electrons. The number of aldehydes is 1. The summed E-state index contributed by atoms with van der Waals surface area (Å²) < 4.78 is 11.0. The molecule has 2 atom stereocenters. The van der Waals surface area contributed by atoms with Gasteiger partial charge in [0.15, 0.2) is 6.29 Å². The van der Waals surface area contributed by atoms with Crippen molar-refractivity contribution in [1.29, 1.82) is 0 Å². The summed E-state index contributed by atoms with van der Waals surface area (Å²) in [4.78, 5) is 10.3. The zero-order chi connectivity index (χ0) is 10.2. The van der Waals surface area contributed by atoms with Gasteiger partial charge in [-0.1, -0.05) is 13.3 Å². The van der Waals surface area contributed by atoms with Gasteiger partial charge in [-0.05, 0) is 25.2 Å². The average Bonchev–Trinajstić information content (AvgIpc) is 2.25. The first-order chi connectivity index (χ1) is 6.86. The van der Waals surface area contributed by atoms with E-state index in [4.69, 9.17) is 9.47 Å². The van der Waals surface area contributed by atoms with Crippen molar-refractivity contribution in [3.63, 3.8) is 0 Å². The van der Waals surface area contributed by atoms with Gasteiger partial charge in [0.25, 0.3) is 0 Å². The number of carbonyl (C=O) groups is 1. The SMILES string of the molecule is CCC(CC=O)COC1CCCCO1. The molecule has 82 valence electrons. The summed E-state index contributed by atoms with van der Waals surface area (Å²) in [5, 5.41) is 0. The molecule has 0 aromatic carbocycles. The third-order valence-corrected chi connectivity index (χ3v) is 2.66. The van der Waals surface area contributed by atoms with Gasteiger partial charge >= 0.3 is 0 Å². The van der Waals surface area contributed by atoms with Gasteiger partial charge < -0.3 is 14.3 Å². The predicted octanol–water partition coefficient (Wildman–Crippen LogP) is 2.14. The highest BCUT2D eigenvalue weighted by molar-refractivity contribution is 5.49. The number of hydrogen-bond acceptors (Lipinski definition) is 3. The van der Waals surface area contributed by atoms with Crippen molar-refractivity contribution in [1.82, 2.24) is 0 Å². The molecule has 0 bridgehead atoms. The van der Waals surface area contributed by atoms with Crippen molar-refractivity contribution < 1.29 is 14.3 Å². The van der Waals surface area contributed by atoms with E-state index in [1.165, 1.54) is 6.42 Å². The predicted molar refractivity (Wildman–Crippen MR) is 54.0 cm³/mol. The van der Waals surface area contributed by atoms with Gasteiger partial charge in [0, 0.05) is 13.0 Å². The summed E-state index contributed by atoms with van der Waals surface area (Å²) in [6.07, 6.45) is 5.87. The lowest BCUT2D eigenvalue weighted by molar-refractivity contribution is -0.169. The van der Waals surface area contributed by atoms with Gasteiger partial charge in [0.2, 0.25) is 0 Å². The maximum atomic E-state index is 10.3. The van der Waals surface area contributed by atoms with E-state index < -0.39 is 0 Å². The molecule has 3 nitrogen and oxygen atoms in total. The Morgan fingerprint density at radius 1 is 1.57 bits per heavy atom. The molecular formula is C11H20O3. The van der Waals surface area contributed by atoms with Gasteiger partial charge in [0.1, 0.15) is 6.29 Å². The summed E-state index contributed by atoms with van der Waals surface area (Å²) in [7, 11) is 0. The topological polar surface area (TPSA) is 35.5 Å². The number of rotatable bonds is 6. The molecule has 0 aromatic heterocycles. The van der Waals surface area contributed by atoms with Gasteiger partial charge in [-0.2, -0.15) is 0 Å². The largest absolute Gasteiger partial charge is 0.353 e. The Morgan fingerprint density at radius 2 is 2.43 bits per heavy atom. The van der Waals surface area contributed by atoms with E-state index in [0.717, 1.165) is 32.2 Å². The summed E-state index contributed by atoms with van der Waals surface area (Å²) in [5.41, 5.74) is 0. The van der Waals surface area contributed by atoms with Crippen LogP contribution >= 0.6 is 0 Å². The standard InChI is InChI=1S/C11H20O3/c1-2-10(6-7-12)9-14-11-5-3-4-8-13-11/h7,10-11H,2-6,8-9H2,1H3. The molecule has 0 aromatic rings. The Hall–Kier alpha value is -0.410. The van der Waals surface area contributed by atoms with Crippen molar-refractivity contribution >= 4 is 6.29 Å². The lowest BCUT2D eigenvalue weighted by atomic mass is 10.1. The maximum Gasteiger partial charge on any atom is 0.157 e. The molecule has 1 saturated heterocycles. The van der Waals surface area contributed by atoms with Crippen LogP contribution in [-0.2, 0) is 14.3 Å². The lowest BCUT2D eigenvalue weighted by Gasteiger charge is -2.24. The van der Waals surface area contributed by atoms with Crippen molar-refractivity contribution in [3.8, 4) is 0 Å².